The molecule has 2 atom stereocenters. The zero-order chi connectivity index (χ0) is 15.3. The summed E-state index contributed by atoms with van der Waals surface area (Å²) >= 11 is 0. The van der Waals surface area contributed by atoms with E-state index in [0.717, 1.165) is 32.7 Å². The van der Waals surface area contributed by atoms with E-state index in [9.17, 15) is 4.79 Å². The quantitative estimate of drug-likeness (QED) is 0.847. The zero-order valence-corrected chi connectivity index (χ0v) is 13.4. The molecule has 0 aromatic heterocycles. The maximum absolute atomic E-state index is 12.2. The average molecular weight is 300 g/mol. The van der Waals surface area contributed by atoms with Crippen molar-refractivity contribution >= 4 is 6.09 Å². The third-order valence-electron chi connectivity index (χ3n) is 3.69. The van der Waals surface area contributed by atoms with Crippen LogP contribution in [-0.2, 0) is 14.2 Å². The molecule has 2 saturated heterocycles. The number of carbonyl (C=O) groups is 1. The van der Waals surface area contributed by atoms with Crippen molar-refractivity contribution in [2.24, 2.45) is 5.92 Å². The lowest BCUT2D eigenvalue weighted by molar-refractivity contribution is -0.0318. The summed E-state index contributed by atoms with van der Waals surface area (Å²) in [6.45, 7) is 10.8. The summed E-state index contributed by atoms with van der Waals surface area (Å²) in [7, 11) is 0. The van der Waals surface area contributed by atoms with Crippen molar-refractivity contribution in [2.45, 2.75) is 38.8 Å². The number of nitrogens with one attached hydrogen (secondary N) is 1. The standard InChI is InChI=1S/C15H28N2O4/c1-15(2,3)21-14(18)17-5-7-20-11-13(17)9-16-8-12-4-6-19-10-12/h12-13,16H,4-11H2,1-3H3. The lowest BCUT2D eigenvalue weighted by Gasteiger charge is -2.36. The van der Waals surface area contributed by atoms with Crippen LogP contribution in [-0.4, -0.2) is 68.7 Å². The van der Waals surface area contributed by atoms with Gasteiger partial charge >= 0.3 is 6.09 Å². The van der Waals surface area contributed by atoms with Gasteiger partial charge in [0.1, 0.15) is 5.60 Å². The Balaban J connectivity index is 1.79. The largest absolute Gasteiger partial charge is 0.444 e. The highest BCUT2D eigenvalue weighted by Crippen LogP contribution is 2.15. The van der Waals surface area contributed by atoms with Gasteiger partial charge in [-0.3, -0.25) is 4.90 Å². The minimum absolute atomic E-state index is 0.0379. The fourth-order valence-electron chi connectivity index (χ4n) is 2.58. The smallest absolute Gasteiger partial charge is 0.410 e. The molecule has 0 spiro atoms. The average Bonchev–Trinajstić information content (AvgIpc) is 2.90. The molecule has 0 radical (unpaired) electrons. The maximum atomic E-state index is 12.2. The Morgan fingerprint density at radius 1 is 1.24 bits per heavy atom. The van der Waals surface area contributed by atoms with Crippen LogP contribution in [0.15, 0.2) is 0 Å². The summed E-state index contributed by atoms with van der Waals surface area (Å²) < 4.78 is 16.3. The van der Waals surface area contributed by atoms with Crippen LogP contribution in [0.1, 0.15) is 27.2 Å². The van der Waals surface area contributed by atoms with Crippen LogP contribution < -0.4 is 5.32 Å². The van der Waals surface area contributed by atoms with Crippen LogP contribution in [0.2, 0.25) is 0 Å². The number of carbonyl (C=O) groups excluding carboxylic acids is 1. The molecule has 6 heteroatoms. The molecule has 0 saturated carbocycles. The zero-order valence-electron chi connectivity index (χ0n) is 13.4. The molecule has 2 fully saturated rings. The number of amides is 1. The SMILES string of the molecule is CC(C)(C)OC(=O)N1CCOCC1CNCC1CCOC1. The summed E-state index contributed by atoms with van der Waals surface area (Å²) in [5.41, 5.74) is -0.464. The van der Waals surface area contributed by atoms with Gasteiger partial charge in [-0.05, 0) is 33.1 Å². The molecule has 0 aromatic rings. The summed E-state index contributed by atoms with van der Waals surface area (Å²) in [4.78, 5) is 14.0. The van der Waals surface area contributed by atoms with E-state index in [1.165, 1.54) is 0 Å². The Morgan fingerprint density at radius 2 is 2.00 bits per heavy atom. The van der Waals surface area contributed by atoms with Gasteiger partial charge in [0.15, 0.2) is 0 Å². The molecule has 2 aliphatic heterocycles. The van der Waals surface area contributed by atoms with E-state index >= 15 is 0 Å². The fraction of sp³-hybridized carbons (Fsp3) is 0.933. The van der Waals surface area contributed by atoms with E-state index in [1.54, 1.807) is 4.90 Å². The van der Waals surface area contributed by atoms with E-state index in [4.69, 9.17) is 14.2 Å². The Hall–Kier alpha value is -0.850. The number of ether oxygens (including phenoxy) is 3. The molecular formula is C15H28N2O4. The Kier molecular flexibility index (Phi) is 5.84. The molecule has 2 unspecified atom stereocenters. The van der Waals surface area contributed by atoms with Gasteiger partial charge in [-0.2, -0.15) is 0 Å². The molecule has 2 rings (SSSR count). The van der Waals surface area contributed by atoms with Crippen molar-refractivity contribution in [1.82, 2.24) is 10.2 Å². The van der Waals surface area contributed by atoms with Crippen molar-refractivity contribution in [2.75, 3.05) is 46.1 Å². The Morgan fingerprint density at radius 3 is 2.67 bits per heavy atom. The predicted octanol–water partition coefficient (Wildman–Crippen LogP) is 1.25. The molecule has 0 bridgehead atoms. The number of nitrogens with zero attached hydrogens (tertiary/aromatic N) is 1. The van der Waals surface area contributed by atoms with Crippen LogP contribution in [0.5, 0.6) is 0 Å². The Bertz CT molecular complexity index is 337. The first-order valence-corrected chi connectivity index (χ1v) is 7.81. The van der Waals surface area contributed by atoms with E-state index in [-0.39, 0.29) is 12.1 Å². The molecule has 1 amide bonds. The van der Waals surface area contributed by atoms with Crippen LogP contribution in [0, 0.1) is 5.92 Å². The number of hydrogen-bond donors (Lipinski definition) is 1. The second kappa shape index (κ2) is 7.42. The van der Waals surface area contributed by atoms with Gasteiger partial charge in [0.25, 0.3) is 0 Å². The molecular weight excluding hydrogens is 272 g/mol. The minimum Gasteiger partial charge on any atom is -0.444 e. The second-order valence-corrected chi connectivity index (χ2v) is 6.79. The monoisotopic (exact) mass is 300 g/mol. The highest BCUT2D eigenvalue weighted by Gasteiger charge is 2.31. The van der Waals surface area contributed by atoms with Crippen molar-refractivity contribution in [3.63, 3.8) is 0 Å². The molecule has 6 nitrogen and oxygen atoms in total. The molecule has 0 aromatic carbocycles. The third-order valence-corrected chi connectivity index (χ3v) is 3.69. The van der Waals surface area contributed by atoms with Gasteiger partial charge in [0.05, 0.1) is 25.9 Å². The van der Waals surface area contributed by atoms with Crippen molar-refractivity contribution in [3.8, 4) is 0 Å². The first-order valence-electron chi connectivity index (χ1n) is 7.81. The van der Waals surface area contributed by atoms with Crippen molar-refractivity contribution < 1.29 is 19.0 Å². The highest BCUT2D eigenvalue weighted by molar-refractivity contribution is 5.68. The summed E-state index contributed by atoms with van der Waals surface area (Å²) in [6, 6.07) is 0.0379. The summed E-state index contributed by atoms with van der Waals surface area (Å²) in [6.07, 6.45) is 0.867. The van der Waals surface area contributed by atoms with Gasteiger partial charge < -0.3 is 19.5 Å². The summed E-state index contributed by atoms with van der Waals surface area (Å²) in [5.74, 6) is 0.587. The van der Waals surface area contributed by atoms with Gasteiger partial charge in [-0.1, -0.05) is 0 Å². The molecule has 21 heavy (non-hydrogen) atoms. The van der Waals surface area contributed by atoms with Gasteiger partial charge in [0, 0.05) is 26.2 Å². The molecule has 0 aliphatic carbocycles. The fourth-order valence-corrected chi connectivity index (χ4v) is 2.58. The van der Waals surface area contributed by atoms with Gasteiger partial charge in [-0.15, -0.1) is 0 Å². The maximum Gasteiger partial charge on any atom is 0.410 e. The molecule has 122 valence electrons. The molecule has 2 aliphatic rings. The van der Waals surface area contributed by atoms with E-state index in [1.807, 2.05) is 20.8 Å². The second-order valence-electron chi connectivity index (χ2n) is 6.79. The molecule has 1 N–H and O–H groups in total. The van der Waals surface area contributed by atoms with E-state index < -0.39 is 5.60 Å². The lowest BCUT2D eigenvalue weighted by Crippen LogP contribution is -2.54. The van der Waals surface area contributed by atoms with Gasteiger partial charge in [0.2, 0.25) is 0 Å². The lowest BCUT2D eigenvalue weighted by atomic mass is 10.1. The first kappa shape index (κ1) is 16.5. The third kappa shape index (κ3) is 5.45. The van der Waals surface area contributed by atoms with Crippen LogP contribution in [0.4, 0.5) is 4.79 Å². The van der Waals surface area contributed by atoms with Crippen LogP contribution in [0.3, 0.4) is 0 Å². The Labute approximate surface area is 127 Å². The van der Waals surface area contributed by atoms with Gasteiger partial charge in [-0.25, -0.2) is 4.79 Å². The first-order chi connectivity index (χ1) is 9.96. The summed E-state index contributed by atoms with van der Waals surface area (Å²) in [5, 5.41) is 3.44. The van der Waals surface area contributed by atoms with Crippen molar-refractivity contribution in [1.29, 1.82) is 0 Å². The normalized spacial score (nSPS) is 26.9. The topological polar surface area (TPSA) is 60.0 Å². The van der Waals surface area contributed by atoms with Crippen molar-refractivity contribution in [3.05, 3.63) is 0 Å². The highest BCUT2D eigenvalue weighted by atomic mass is 16.6. The molecule has 2 heterocycles. The van der Waals surface area contributed by atoms with E-state index in [0.29, 0.717) is 25.7 Å². The predicted molar refractivity (Wildman–Crippen MR) is 79.3 cm³/mol. The van der Waals surface area contributed by atoms with Crippen LogP contribution in [0.25, 0.3) is 0 Å². The van der Waals surface area contributed by atoms with E-state index in [2.05, 4.69) is 5.32 Å². The number of rotatable bonds is 4. The van der Waals surface area contributed by atoms with Crippen LogP contribution >= 0.6 is 0 Å². The number of morpholine rings is 1. The minimum atomic E-state index is -0.464. The number of hydrogen-bond acceptors (Lipinski definition) is 5.